The Morgan fingerprint density at radius 3 is 2.75 bits per heavy atom. The van der Waals surface area contributed by atoms with Gasteiger partial charge in [0.15, 0.2) is 5.78 Å². The summed E-state index contributed by atoms with van der Waals surface area (Å²) in [6.45, 7) is 0. The average Bonchev–Trinajstić information content (AvgIpc) is 2.23. The summed E-state index contributed by atoms with van der Waals surface area (Å²) in [7, 11) is 0. The maximum atomic E-state index is 11.7. The molecule has 0 amide bonds. The number of Topliss-reactive ketones (excluding diaryl/α,β-unsaturated/α-hetero) is 1. The summed E-state index contributed by atoms with van der Waals surface area (Å²) in [5.41, 5.74) is -0.0509. The number of halogens is 2. The van der Waals surface area contributed by atoms with E-state index in [-0.39, 0.29) is 15.6 Å². The first kappa shape index (κ1) is 11.1. The van der Waals surface area contributed by atoms with Gasteiger partial charge in [-0.3, -0.25) is 9.79 Å². The van der Waals surface area contributed by atoms with Gasteiger partial charge >= 0.3 is 5.97 Å². The Balaban J connectivity index is 2.52. The fraction of sp³-hybridized carbons (Fsp3) is 0.100. The predicted octanol–water partition coefficient (Wildman–Crippen LogP) is 1.85. The number of hydrogen-bond donors (Lipinski definition) is 1. The van der Waals surface area contributed by atoms with Crippen molar-refractivity contribution in [3.8, 4) is 0 Å². The zero-order valence-electron chi connectivity index (χ0n) is 7.78. The van der Waals surface area contributed by atoms with Crippen molar-refractivity contribution in [1.82, 2.24) is 0 Å². The van der Waals surface area contributed by atoms with Gasteiger partial charge < -0.3 is 5.11 Å². The topological polar surface area (TPSA) is 66.7 Å². The molecule has 0 spiro atoms. The minimum atomic E-state index is -1.29. The van der Waals surface area contributed by atoms with Gasteiger partial charge in [0.2, 0.25) is 0 Å². The van der Waals surface area contributed by atoms with E-state index in [0.717, 1.165) is 6.20 Å². The summed E-state index contributed by atoms with van der Waals surface area (Å²) in [6.07, 6.45) is 3.96. The number of ketones is 1. The van der Waals surface area contributed by atoms with E-state index in [1.165, 1.54) is 12.2 Å². The van der Waals surface area contributed by atoms with E-state index in [4.69, 9.17) is 28.3 Å². The number of allylic oxidation sites excluding steroid dienone is 4. The van der Waals surface area contributed by atoms with Crippen LogP contribution in [-0.2, 0) is 9.59 Å². The highest BCUT2D eigenvalue weighted by atomic mass is 35.5. The Bertz CT molecular complexity index is 514. The fourth-order valence-electron chi connectivity index (χ4n) is 1.48. The normalized spacial score (nSPS) is 23.9. The van der Waals surface area contributed by atoms with E-state index >= 15 is 0 Å². The summed E-state index contributed by atoms with van der Waals surface area (Å²) in [6, 6.07) is 0. The fourth-order valence-corrected chi connectivity index (χ4v) is 1.88. The molecule has 0 saturated heterocycles. The van der Waals surface area contributed by atoms with Crippen molar-refractivity contribution in [1.29, 1.82) is 0 Å². The van der Waals surface area contributed by atoms with Crippen LogP contribution < -0.4 is 0 Å². The molecule has 0 aromatic rings. The Kier molecular flexibility index (Phi) is 2.69. The van der Waals surface area contributed by atoms with Crippen molar-refractivity contribution >= 4 is 40.7 Å². The van der Waals surface area contributed by atoms with Gasteiger partial charge in [-0.25, -0.2) is 4.79 Å². The number of aliphatic imine (C=N–C) groups is 1. The van der Waals surface area contributed by atoms with Crippen LogP contribution in [-0.4, -0.2) is 22.6 Å². The van der Waals surface area contributed by atoms with Crippen molar-refractivity contribution in [2.75, 3.05) is 0 Å². The molecule has 1 heterocycles. The first-order valence-corrected chi connectivity index (χ1v) is 5.07. The van der Waals surface area contributed by atoms with Crippen LogP contribution in [0.4, 0.5) is 0 Å². The van der Waals surface area contributed by atoms with E-state index in [1.807, 2.05) is 0 Å². The molecule has 0 saturated carbocycles. The van der Waals surface area contributed by atoms with Gasteiger partial charge in [-0.1, -0.05) is 29.3 Å². The van der Waals surface area contributed by atoms with Crippen molar-refractivity contribution in [3.05, 3.63) is 34.0 Å². The van der Waals surface area contributed by atoms with Crippen LogP contribution in [0.1, 0.15) is 0 Å². The number of aliphatic carboxylic acids is 1. The zero-order chi connectivity index (χ0) is 11.9. The van der Waals surface area contributed by atoms with Crippen LogP contribution in [0.3, 0.4) is 0 Å². The average molecular weight is 258 g/mol. The molecule has 2 aliphatic rings. The number of fused-ring (bicyclic) bond motifs is 1. The lowest BCUT2D eigenvalue weighted by Crippen LogP contribution is -2.31. The second-order valence-electron chi connectivity index (χ2n) is 3.23. The SMILES string of the molecule is O=C(O)C1=CN=C2C(Cl)=C(Cl)C=CC2C1=O. The molecule has 82 valence electrons. The summed E-state index contributed by atoms with van der Waals surface area (Å²) in [5, 5.41) is 9.24. The standard InChI is InChI=1S/C10H5Cl2NO3/c11-6-2-1-4-8(7(6)12)13-3-5(9(4)14)10(15)16/h1-4H,(H,15,16). The van der Waals surface area contributed by atoms with Crippen LogP contribution >= 0.6 is 23.2 Å². The van der Waals surface area contributed by atoms with E-state index in [9.17, 15) is 9.59 Å². The predicted molar refractivity (Wildman–Crippen MR) is 59.5 cm³/mol. The van der Waals surface area contributed by atoms with Crippen LogP contribution in [0.15, 0.2) is 39.0 Å². The summed E-state index contributed by atoms with van der Waals surface area (Å²) >= 11 is 11.6. The molecule has 1 N–H and O–H groups in total. The molecule has 16 heavy (non-hydrogen) atoms. The Morgan fingerprint density at radius 1 is 1.44 bits per heavy atom. The first-order chi connectivity index (χ1) is 7.52. The molecule has 6 heteroatoms. The van der Waals surface area contributed by atoms with Crippen LogP contribution in [0.2, 0.25) is 0 Å². The molecule has 2 rings (SSSR count). The van der Waals surface area contributed by atoms with Gasteiger partial charge in [0.05, 0.1) is 21.7 Å². The summed E-state index contributed by atoms with van der Waals surface area (Å²) in [5.74, 6) is -2.57. The number of hydrogen-bond acceptors (Lipinski definition) is 3. The lowest BCUT2D eigenvalue weighted by atomic mass is 9.88. The van der Waals surface area contributed by atoms with Crippen molar-refractivity contribution < 1.29 is 14.7 Å². The molecule has 0 radical (unpaired) electrons. The minimum Gasteiger partial charge on any atom is -0.478 e. The number of carboxylic acid groups (broad SMARTS) is 1. The first-order valence-electron chi connectivity index (χ1n) is 4.31. The Labute approximate surface area is 101 Å². The largest absolute Gasteiger partial charge is 0.478 e. The third-order valence-electron chi connectivity index (χ3n) is 2.28. The van der Waals surface area contributed by atoms with Crippen LogP contribution in [0, 0.1) is 5.92 Å². The molecule has 0 aromatic heterocycles. The maximum absolute atomic E-state index is 11.7. The van der Waals surface area contributed by atoms with Crippen molar-refractivity contribution in [2.45, 2.75) is 0 Å². The van der Waals surface area contributed by atoms with Crippen molar-refractivity contribution in [2.24, 2.45) is 10.9 Å². The van der Waals surface area contributed by atoms with E-state index in [0.29, 0.717) is 5.71 Å². The molecular weight excluding hydrogens is 253 g/mol. The molecule has 1 unspecified atom stereocenters. The number of rotatable bonds is 1. The molecule has 1 aliphatic carbocycles. The van der Waals surface area contributed by atoms with Crippen molar-refractivity contribution in [3.63, 3.8) is 0 Å². The lowest BCUT2D eigenvalue weighted by Gasteiger charge is -2.21. The highest BCUT2D eigenvalue weighted by Crippen LogP contribution is 2.31. The van der Waals surface area contributed by atoms with Gasteiger partial charge in [0.1, 0.15) is 5.57 Å². The van der Waals surface area contributed by atoms with Crippen LogP contribution in [0.5, 0.6) is 0 Å². The van der Waals surface area contributed by atoms with E-state index < -0.39 is 17.7 Å². The van der Waals surface area contributed by atoms with Gasteiger partial charge in [-0.05, 0) is 6.08 Å². The molecule has 0 bridgehead atoms. The highest BCUT2D eigenvalue weighted by Gasteiger charge is 2.35. The summed E-state index contributed by atoms with van der Waals surface area (Å²) in [4.78, 5) is 26.3. The monoisotopic (exact) mass is 257 g/mol. The molecule has 0 fully saturated rings. The van der Waals surface area contributed by atoms with E-state index in [1.54, 1.807) is 0 Å². The third-order valence-corrected chi connectivity index (χ3v) is 3.08. The maximum Gasteiger partial charge on any atom is 0.340 e. The Hall–Kier alpha value is -1.39. The lowest BCUT2D eigenvalue weighted by molar-refractivity contribution is -0.134. The van der Waals surface area contributed by atoms with Gasteiger partial charge in [0.25, 0.3) is 0 Å². The smallest absolute Gasteiger partial charge is 0.340 e. The highest BCUT2D eigenvalue weighted by molar-refractivity contribution is 6.52. The Morgan fingerprint density at radius 2 is 2.12 bits per heavy atom. The summed E-state index contributed by atoms with van der Waals surface area (Å²) < 4.78 is 0. The number of carbonyl (C=O) groups excluding carboxylic acids is 1. The number of carboxylic acids is 1. The quantitative estimate of drug-likeness (QED) is 0.730. The molecule has 1 aliphatic heterocycles. The molecule has 0 aromatic carbocycles. The van der Waals surface area contributed by atoms with Crippen LogP contribution in [0.25, 0.3) is 0 Å². The minimum absolute atomic E-state index is 0.184. The van der Waals surface area contributed by atoms with Gasteiger partial charge in [-0.15, -0.1) is 0 Å². The van der Waals surface area contributed by atoms with Gasteiger partial charge in [-0.2, -0.15) is 0 Å². The number of carbonyl (C=O) groups is 2. The molecular formula is C10H5Cl2NO3. The van der Waals surface area contributed by atoms with Gasteiger partial charge in [0, 0.05) is 6.20 Å². The number of nitrogens with zero attached hydrogens (tertiary/aromatic N) is 1. The molecule has 4 nitrogen and oxygen atoms in total. The third kappa shape index (κ3) is 1.60. The zero-order valence-corrected chi connectivity index (χ0v) is 9.29. The van der Waals surface area contributed by atoms with E-state index in [2.05, 4.69) is 4.99 Å². The second-order valence-corrected chi connectivity index (χ2v) is 4.01. The molecule has 1 atom stereocenters. The second kappa shape index (κ2) is 3.88.